The molecule has 0 aliphatic rings. The number of nitrogens with one attached hydrogen (secondary N) is 2. The molecule has 2 aromatic carbocycles. The van der Waals surface area contributed by atoms with Gasteiger partial charge >= 0.3 is 6.18 Å². The SMILES string of the molecule is Cc1cc(Br)cc2ncnc(Nc3ccc(Cl)cc3O[C@H](C)C(=O)N[C@@H](C)C(F)(F)F)c12. The fraction of sp³-hybridized carbons (Fsp3) is 0.286. The van der Waals surface area contributed by atoms with E-state index in [1.807, 2.05) is 24.4 Å². The second-order valence-electron chi connectivity index (χ2n) is 7.14. The molecule has 0 unspecified atom stereocenters. The first kappa shape index (κ1) is 24.1. The molecule has 2 atom stereocenters. The predicted molar refractivity (Wildman–Crippen MR) is 120 cm³/mol. The molecule has 0 aliphatic heterocycles. The number of anilines is 2. The molecular weight excluding hydrogens is 513 g/mol. The average Bonchev–Trinajstić information content (AvgIpc) is 2.68. The third kappa shape index (κ3) is 5.60. The summed E-state index contributed by atoms with van der Waals surface area (Å²) in [5.41, 5.74) is 2.06. The lowest BCUT2D eigenvalue weighted by atomic mass is 10.1. The van der Waals surface area contributed by atoms with Crippen LogP contribution in [0.3, 0.4) is 0 Å². The normalized spacial score (nSPS) is 13.5. The summed E-state index contributed by atoms with van der Waals surface area (Å²) in [6.07, 6.45) is -4.36. The molecule has 1 aromatic heterocycles. The second-order valence-corrected chi connectivity index (χ2v) is 8.49. The van der Waals surface area contributed by atoms with Crippen LogP contribution < -0.4 is 15.4 Å². The monoisotopic (exact) mass is 530 g/mol. The summed E-state index contributed by atoms with van der Waals surface area (Å²) < 4.78 is 44.8. The Morgan fingerprint density at radius 1 is 1.19 bits per heavy atom. The van der Waals surface area contributed by atoms with Gasteiger partial charge in [-0.15, -0.1) is 0 Å². The molecule has 170 valence electrons. The van der Waals surface area contributed by atoms with E-state index in [4.69, 9.17) is 16.3 Å². The minimum atomic E-state index is -4.56. The molecule has 0 bridgehead atoms. The van der Waals surface area contributed by atoms with E-state index >= 15 is 0 Å². The Labute approximate surface area is 195 Å². The van der Waals surface area contributed by atoms with Gasteiger partial charge in [-0.3, -0.25) is 4.79 Å². The van der Waals surface area contributed by atoms with Gasteiger partial charge < -0.3 is 15.4 Å². The van der Waals surface area contributed by atoms with E-state index in [9.17, 15) is 18.0 Å². The molecule has 1 heterocycles. The van der Waals surface area contributed by atoms with Gasteiger partial charge in [0, 0.05) is 20.9 Å². The van der Waals surface area contributed by atoms with E-state index in [0.717, 1.165) is 22.3 Å². The number of aromatic nitrogens is 2. The maximum Gasteiger partial charge on any atom is 0.408 e. The maximum absolute atomic E-state index is 12.7. The fourth-order valence-corrected chi connectivity index (χ4v) is 3.65. The fourth-order valence-electron chi connectivity index (χ4n) is 2.92. The first-order valence-corrected chi connectivity index (χ1v) is 10.6. The molecule has 0 saturated heterocycles. The highest BCUT2D eigenvalue weighted by Gasteiger charge is 2.37. The number of hydrogen-bond acceptors (Lipinski definition) is 5. The number of amides is 1. The zero-order valence-electron chi connectivity index (χ0n) is 17.2. The Morgan fingerprint density at radius 3 is 2.59 bits per heavy atom. The van der Waals surface area contributed by atoms with Crippen molar-refractivity contribution < 1.29 is 22.7 Å². The number of ether oxygens (including phenoxy) is 1. The molecule has 6 nitrogen and oxygen atoms in total. The molecule has 0 spiro atoms. The molecule has 3 rings (SSSR count). The number of hydrogen-bond donors (Lipinski definition) is 2. The van der Waals surface area contributed by atoms with Crippen molar-refractivity contribution >= 4 is 55.8 Å². The van der Waals surface area contributed by atoms with Crippen LogP contribution in [0.2, 0.25) is 5.02 Å². The topological polar surface area (TPSA) is 76.1 Å². The van der Waals surface area contributed by atoms with Crippen LogP contribution in [-0.2, 0) is 4.79 Å². The number of benzene rings is 2. The van der Waals surface area contributed by atoms with Crippen LogP contribution in [-0.4, -0.2) is 34.2 Å². The van der Waals surface area contributed by atoms with Crippen molar-refractivity contribution in [3.63, 3.8) is 0 Å². The quantitative estimate of drug-likeness (QED) is 0.412. The Morgan fingerprint density at radius 2 is 1.91 bits per heavy atom. The number of halogens is 5. The van der Waals surface area contributed by atoms with Crippen molar-refractivity contribution in [1.29, 1.82) is 0 Å². The van der Waals surface area contributed by atoms with Crippen LogP contribution in [0.5, 0.6) is 5.75 Å². The number of fused-ring (bicyclic) bond motifs is 1. The molecule has 1 amide bonds. The first-order chi connectivity index (χ1) is 15.0. The Kier molecular flexibility index (Phi) is 7.14. The number of carbonyl (C=O) groups is 1. The molecule has 0 aliphatic carbocycles. The number of rotatable bonds is 6. The average molecular weight is 532 g/mol. The minimum Gasteiger partial charge on any atom is -0.479 e. The molecule has 3 aromatic rings. The van der Waals surface area contributed by atoms with E-state index in [1.165, 1.54) is 19.3 Å². The maximum atomic E-state index is 12.7. The molecule has 32 heavy (non-hydrogen) atoms. The Bertz CT molecular complexity index is 1160. The smallest absolute Gasteiger partial charge is 0.408 e. The summed E-state index contributed by atoms with van der Waals surface area (Å²) in [6, 6.07) is 6.47. The van der Waals surface area contributed by atoms with Crippen LogP contribution in [0.15, 0.2) is 41.1 Å². The van der Waals surface area contributed by atoms with Gasteiger partial charge in [0.15, 0.2) is 6.10 Å². The van der Waals surface area contributed by atoms with E-state index in [-0.39, 0.29) is 5.75 Å². The standard InChI is InChI=1S/C21H19BrClF3N4O2/c1-10-6-13(22)7-16-18(10)19(28-9-27-16)30-15-5-4-14(23)8-17(15)32-11(2)20(31)29-12(3)21(24,25)26/h4-9,11-12H,1-3H3,(H,29,31)(H,27,28,30)/t11-,12+/m1/s1. The number of nitrogens with zero attached hydrogens (tertiary/aromatic N) is 2. The van der Waals surface area contributed by atoms with Gasteiger partial charge in [-0.05, 0) is 50.6 Å². The summed E-state index contributed by atoms with van der Waals surface area (Å²) in [7, 11) is 0. The third-order valence-electron chi connectivity index (χ3n) is 4.62. The van der Waals surface area contributed by atoms with Crippen molar-refractivity contribution in [1.82, 2.24) is 15.3 Å². The van der Waals surface area contributed by atoms with Crippen LogP contribution in [0, 0.1) is 6.92 Å². The van der Waals surface area contributed by atoms with Gasteiger partial charge in [0.25, 0.3) is 5.91 Å². The second kappa shape index (κ2) is 9.50. The van der Waals surface area contributed by atoms with Gasteiger partial charge in [0.05, 0.1) is 11.2 Å². The van der Waals surface area contributed by atoms with Crippen molar-refractivity contribution in [2.45, 2.75) is 39.1 Å². The van der Waals surface area contributed by atoms with E-state index in [2.05, 4.69) is 31.2 Å². The zero-order valence-corrected chi connectivity index (χ0v) is 19.6. The van der Waals surface area contributed by atoms with E-state index in [0.29, 0.717) is 22.0 Å². The Hall–Kier alpha value is -2.59. The highest BCUT2D eigenvalue weighted by Crippen LogP contribution is 2.34. The summed E-state index contributed by atoms with van der Waals surface area (Å²) >= 11 is 9.52. The van der Waals surface area contributed by atoms with E-state index in [1.54, 1.807) is 12.1 Å². The summed E-state index contributed by atoms with van der Waals surface area (Å²) in [5, 5.41) is 6.15. The predicted octanol–water partition coefficient (Wildman–Crippen LogP) is 5.93. The number of aryl methyl sites for hydroxylation is 1. The molecule has 11 heteroatoms. The van der Waals surface area contributed by atoms with Gasteiger partial charge in [-0.25, -0.2) is 9.97 Å². The Balaban J connectivity index is 1.88. The summed E-state index contributed by atoms with van der Waals surface area (Å²) in [6.45, 7) is 4.12. The lowest BCUT2D eigenvalue weighted by molar-refractivity contribution is -0.160. The number of alkyl halides is 3. The van der Waals surface area contributed by atoms with Crippen LogP contribution in [0.1, 0.15) is 19.4 Å². The minimum absolute atomic E-state index is 0.182. The lowest BCUT2D eigenvalue weighted by Crippen LogP contribution is -2.47. The highest BCUT2D eigenvalue weighted by atomic mass is 79.9. The summed E-state index contributed by atoms with van der Waals surface area (Å²) in [4.78, 5) is 20.8. The van der Waals surface area contributed by atoms with Crippen LogP contribution in [0.25, 0.3) is 10.9 Å². The van der Waals surface area contributed by atoms with Crippen molar-refractivity contribution in [2.75, 3.05) is 5.32 Å². The van der Waals surface area contributed by atoms with Gasteiger partial charge in [0.2, 0.25) is 0 Å². The largest absolute Gasteiger partial charge is 0.479 e. The van der Waals surface area contributed by atoms with Crippen LogP contribution in [0.4, 0.5) is 24.7 Å². The first-order valence-electron chi connectivity index (χ1n) is 9.47. The molecule has 0 radical (unpaired) electrons. The number of carbonyl (C=O) groups excluding carboxylic acids is 1. The summed E-state index contributed by atoms with van der Waals surface area (Å²) in [5.74, 6) is -0.231. The van der Waals surface area contributed by atoms with Gasteiger partial charge in [-0.2, -0.15) is 13.2 Å². The molecule has 0 fully saturated rings. The molecular formula is C21H19BrClF3N4O2. The van der Waals surface area contributed by atoms with Gasteiger partial charge in [0.1, 0.15) is 23.9 Å². The van der Waals surface area contributed by atoms with Crippen molar-refractivity contribution in [3.8, 4) is 5.75 Å². The van der Waals surface area contributed by atoms with Crippen molar-refractivity contribution in [2.24, 2.45) is 0 Å². The van der Waals surface area contributed by atoms with Crippen molar-refractivity contribution in [3.05, 3.63) is 51.7 Å². The lowest BCUT2D eigenvalue weighted by Gasteiger charge is -2.22. The van der Waals surface area contributed by atoms with E-state index < -0.39 is 24.2 Å². The molecule has 0 saturated carbocycles. The van der Waals surface area contributed by atoms with Gasteiger partial charge in [-0.1, -0.05) is 27.5 Å². The van der Waals surface area contributed by atoms with Crippen LogP contribution >= 0.6 is 27.5 Å². The highest BCUT2D eigenvalue weighted by molar-refractivity contribution is 9.10. The zero-order chi connectivity index (χ0) is 23.6. The third-order valence-corrected chi connectivity index (χ3v) is 5.31. The molecule has 2 N–H and O–H groups in total.